The number of ether oxygens (including phenoxy) is 3. The molecule has 1 N–H and O–H groups in total. The zero-order valence-corrected chi connectivity index (χ0v) is 26.2. The Balaban J connectivity index is 1.46. The number of nitrogens with zero attached hydrogens (tertiary/aromatic N) is 3. The summed E-state index contributed by atoms with van der Waals surface area (Å²) < 4.78 is 73.7. The van der Waals surface area contributed by atoms with Crippen molar-refractivity contribution in [1.29, 1.82) is 0 Å². The smallest absolute Gasteiger partial charge is 0.476 e. The molecular formula is C33H34F2N4O5S. The number of para-hydroxylation sites is 1. The minimum absolute atomic E-state index is 0.0196. The van der Waals surface area contributed by atoms with Gasteiger partial charge in [0.05, 0.1) is 10.6 Å². The van der Waals surface area contributed by atoms with Crippen molar-refractivity contribution in [2.45, 2.75) is 64.4 Å². The Labute approximate surface area is 261 Å². The third-order valence-electron chi connectivity index (χ3n) is 7.83. The summed E-state index contributed by atoms with van der Waals surface area (Å²) in [5.74, 6) is 0.296. The maximum atomic E-state index is 14.1. The van der Waals surface area contributed by atoms with Crippen LogP contribution in [0.4, 0.5) is 14.7 Å². The van der Waals surface area contributed by atoms with Crippen LogP contribution in [0, 0.1) is 19.8 Å². The highest BCUT2D eigenvalue weighted by Gasteiger charge is 2.44. The molecule has 2 aliphatic heterocycles. The number of hydrogen-bond acceptors (Lipinski definition) is 8. The Kier molecular flexibility index (Phi) is 8.13. The second kappa shape index (κ2) is 11.9. The van der Waals surface area contributed by atoms with E-state index in [9.17, 15) is 17.2 Å². The van der Waals surface area contributed by atoms with Gasteiger partial charge < -0.3 is 14.2 Å². The lowest BCUT2D eigenvalue weighted by atomic mass is 10.00. The fourth-order valence-electron chi connectivity index (χ4n) is 5.85. The molecule has 0 aliphatic carbocycles. The average Bonchev–Trinajstić information content (AvgIpc) is 3.29. The number of halogens is 2. The van der Waals surface area contributed by atoms with Crippen LogP contribution in [0.1, 0.15) is 42.5 Å². The molecule has 3 aromatic carbocycles. The van der Waals surface area contributed by atoms with Crippen LogP contribution in [-0.2, 0) is 23.1 Å². The Morgan fingerprint density at radius 2 is 1.73 bits per heavy atom. The fourth-order valence-corrected chi connectivity index (χ4v) is 6.86. The number of sulfonamides is 1. The quantitative estimate of drug-likeness (QED) is 0.259. The zero-order chi connectivity index (χ0) is 31.9. The molecule has 45 heavy (non-hydrogen) atoms. The van der Waals surface area contributed by atoms with Crippen LogP contribution in [0.5, 0.6) is 17.4 Å². The van der Waals surface area contributed by atoms with Crippen molar-refractivity contribution in [3.05, 3.63) is 89.0 Å². The lowest BCUT2D eigenvalue weighted by Crippen LogP contribution is -2.40. The standard InChI is InChI=1S/C33H34F2N4O5S/c1-20(2)14-25-19-42-29-16-27(30-21(3)8-5-9-22(30)4)36-32(37-29)38-45(40,41)26-12-6-10-23(15-26)17-39(25)18-24-11-7-13-28-31(24)44-33(34,35)43-28/h5-13,15-16,20,25H,14,17-19H2,1-4H3,(H,36,37,38)/t25-/m1/s1. The number of rotatable bonds is 5. The van der Waals surface area contributed by atoms with E-state index in [1.807, 2.05) is 38.1 Å². The highest BCUT2D eigenvalue weighted by Crippen LogP contribution is 2.44. The Morgan fingerprint density at radius 3 is 2.49 bits per heavy atom. The summed E-state index contributed by atoms with van der Waals surface area (Å²) >= 11 is 0. The Bertz CT molecular complexity index is 1830. The number of aryl methyl sites for hydroxylation is 2. The number of nitrogens with one attached hydrogen (secondary N) is 1. The largest absolute Gasteiger partial charge is 0.586 e. The predicted octanol–water partition coefficient (Wildman–Crippen LogP) is 6.69. The van der Waals surface area contributed by atoms with Crippen LogP contribution in [0.15, 0.2) is 71.6 Å². The first-order chi connectivity index (χ1) is 21.4. The van der Waals surface area contributed by atoms with Gasteiger partial charge in [0.25, 0.3) is 10.0 Å². The molecule has 0 spiro atoms. The van der Waals surface area contributed by atoms with E-state index in [0.29, 0.717) is 29.8 Å². The number of benzene rings is 3. The third-order valence-corrected chi connectivity index (χ3v) is 9.15. The van der Waals surface area contributed by atoms with Crippen molar-refractivity contribution < 1.29 is 31.4 Å². The van der Waals surface area contributed by atoms with E-state index in [1.165, 1.54) is 12.1 Å². The summed E-state index contributed by atoms with van der Waals surface area (Å²) in [6.07, 6.45) is -3.06. The second-order valence-electron chi connectivity index (χ2n) is 11.8. The first-order valence-corrected chi connectivity index (χ1v) is 16.2. The molecule has 1 aromatic heterocycles. The molecule has 3 heterocycles. The molecule has 4 bridgehead atoms. The van der Waals surface area contributed by atoms with Crippen LogP contribution in [-0.4, -0.2) is 42.2 Å². The van der Waals surface area contributed by atoms with E-state index in [0.717, 1.165) is 16.7 Å². The summed E-state index contributed by atoms with van der Waals surface area (Å²) in [6.45, 7) is 8.82. The van der Waals surface area contributed by atoms with Gasteiger partial charge >= 0.3 is 6.29 Å². The zero-order valence-electron chi connectivity index (χ0n) is 25.4. The van der Waals surface area contributed by atoms with E-state index in [1.54, 1.807) is 30.3 Å². The van der Waals surface area contributed by atoms with Crippen LogP contribution < -0.4 is 18.9 Å². The van der Waals surface area contributed by atoms with E-state index < -0.39 is 16.3 Å². The highest BCUT2D eigenvalue weighted by atomic mass is 32.2. The topological polar surface area (TPSA) is 103 Å². The predicted molar refractivity (Wildman–Crippen MR) is 165 cm³/mol. The molecule has 0 amide bonds. The normalized spacial score (nSPS) is 18.7. The molecule has 4 aromatic rings. The van der Waals surface area contributed by atoms with Crippen molar-refractivity contribution in [1.82, 2.24) is 14.9 Å². The molecule has 2 aliphatic rings. The van der Waals surface area contributed by atoms with E-state index in [2.05, 4.69) is 33.4 Å². The SMILES string of the molecule is Cc1cccc(C)c1-c1cc2nc(n1)NS(=O)(=O)c1cccc(c1)CN(Cc1cccc3c1OC(F)(F)O3)[C@H](CC(C)C)CO2. The summed E-state index contributed by atoms with van der Waals surface area (Å²) in [7, 11) is -4.08. The average molecular weight is 637 g/mol. The van der Waals surface area contributed by atoms with E-state index in [4.69, 9.17) is 14.2 Å². The first kappa shape index (κ1) is 30.7. The van der Waals surface area contributed by atoms with Gasteiger partial charge in [0.15, 0.2) is 11.5 Å². The van der Waals surface area contributed by atoms with Gasteiger partial charge in [-0.1, -0.05) is 56.3 Å². The van der Waals surface area contributed by atoms with Crippen molar-refractivity contribution in [3.63, 3.8) is 0 Å². The molecule has 9 nitrogen and oxygen atoms in total. The van der Waals surface area contributed by atoms with Gasteiger partial charge in [-0.05, 0) is 61.1 Å². The minimum Gasteiger partial charge on any atom is -0.476 e. The van der Waals surface area contributed by atoms with Gasteiger partial charge in [-0.25, -0.2) is 18.1 Å². The number of hydrogen-bond donors (Lipinski definition) is 1. The van der Waals surface area contributed by atoms with Crippen molar-refractivity contribution in [3.8, 4) is 28.6 Å². The molecule has 1 atom stereocenters. The van der Waals surface area contributed by atoms with Gasteiger partial charge in [-0.2, -0.15) is 4.98 Å². The van der Waals surface area contributed by atoms with Gasteiger partial charge in [-0.15, -0.1) is 8.78 Å². The number of fused-ring (bicyclic) bond motifs is 5. The molecule has 0 fully saturated rings. The molecular weight excluding hydrogens is 602 g/mol. The van der Waals surface area contributed by atoms with Crippen molar-refractivity contribution in [2.24, 2.45) is 5.92 Å². The maximum Gasteiger partial charge on any atom is 0.586 e. The van der Waals surface area contributed by atoms with Gasteiger partial charge in [-0.3, -0.25) is 4.90 Å². The highest BCUT2D eigenvalue weighted by molar-refractivity contribution is 7.92. The molecule has 12 heteroatoms. The minimum atomic E-state index is -4.08. The lowest BCUT2D eigenvalue weighted by molar-refractivity contribution is -0.287. The maximum absolute atomic E-state index is 14.1. The molecule has 0 radical (unpaired) electrons. The van der Waals surface area contributed by atoms with Crippen LogP contribution in [0.3, 0.4) is 0 Å². The Morgan fingerprint density at radius 1 is 1.00 bits per heavy atom. The second-order valence-corrected chi connectivity index (χ2v) is 13.5. The van der Waals surface area contributed by atoms with Crippen LogP contribution in [0.2, 0.25) is 0 Å². The number of anilines is 1. The first-order valence-electron chi connectivity index (χ1n) is 14.7. The van der Waals surface area contributed by atoms with Gasteiger partial charge in [0.2, 0.25) is 11.8 Å². The Hall–Kier alpha value is -4.29. The molecule has 0 saturated heterocycles. The summed E-state index contributed by atoms with van der Waals surface area (Å²) in [4.78, 5) is 11.2. The third kappa shape index (κ3) is 6.71. The molecule has 0 unspecified atom stereocenters. The van der Waals surface area contributed by atoms with Crippen LogP contribution in [0.25, 0.3) is 11.3 Å². The van der Waals surface area contributed by atoms with Gasteiger partial charge in [0, 0.05) is 36.3 Å². The molecule has 6 rings (SSSR count). The number of alkyl halides is 2. The summed E-state index contributed by atoms with van der Waals surface area (Å²) in [6, 6.07) is 18.8. The monoisotopic (exact) mass is 636 g/mol. The van der Waals surface area contributed by atoms with Crippen molar-refractivity contribution in [2.75, 3.05) is 11.3 Å². The molecule has 0 saturated carbocycles. The number of aromatic nitrogens is 2. The lowest BCUT2D eigenvalue weighted by Gasteiger charge is -2.33. The van der Waals surface area contributed by atoms with Crippen molar-refractivity contribution >= 4 is 16.0 Å². The van der Waals surface area contributed by atoms with Crippen LogP contribution >= 0.6 is 0 Å². The fraction of sp³-hybridized carbons (Fsp3) is 0.333. The van der Waals surface area contributed by atoms with E-state index >= 15 is 0 Å². The summed E-state index contributed by atoms with van der Waals surface area (Å²) in [5.41, 5.74) is 4.53. The van der Waals surface area contributed by atoms with E-state index in [-0.39, 0.29) is 53.3 Å². The summed E-state index contributed by atoms with van der Waals surface area (Å²) in [5, 5.41) is 0. The van der Waals surface area contributed by atoms with Gasteiger partial charge in [0.1, 0.15) is 6.61 Å². The molecule has 236 valence electrons.